The predicted octanol–water partition coefficient (Wildman–Crippen LogP) is 0.181. The van der Waals surface area contributed by atoms with Crippen LogP contribution in [0.1, 0.15) is 6.42 Å². The van der Waals surface area contributed by atoms with E-state index in [0.717, 1.165) is 25.3 Å². The number of aromatic nitrogens is 2. The summed E-state index contributed by atoms with van der Waals surface area (Å²) in [6.45, 7) is 1.62. The predicted molar refractivity (Wildman–Crippen MR) is 45.4 cm³/mol. The molecule has 4 nitrogen and oxygen atoms in total. The Kier molecular flexibility index (Phi) is 2.92. The fourth-order valence-corrected chi connectivity index (χ4v) is 0.828. The molecule has 0 spiro atoms. The molecular formula is C7H14N4. The third-order valence-corrected chi connectivity index (χ3v) is 1.40. The average molecular weight is 154 g/mol. The Morgan fingerprint density at radius 1 is 1.73 bits per heavy atom. The molecule has 0 unspecified atom stereocenters. The van der Waals surface area contributed by atoms with Gasteiger partial charge in [0.25, 0.3) is 0 Å². The molecule has 0 aliphatic carbocycles. The second-order valence-electron chi connectivity index (χ2n) is 2.44. The van der Waals surface area contributed by atoms with Gasteiger partial charge in [-0.3, -0.25) is 4.68 Å². The number of aryl methyl sites for hydroxylation is 1. The van der Waals surface area contributed by atoms with E-state index in [1.807, 2.05) is 19.3 Å². The Bertz CT molecular complexity index is 206. The Morgan fingerprint density at radius 3 is 3.09 bits per heavy atom. The molecule has 0 atom stereocenters. The maximum Gasteiger partial charge on any atom is 0.147 e. The van der Waals surface area contributed by atoms with E-state index in [-0.39, 0.29) is 0 Å². The van der Waals surface area contributed by atoms with E-state index >= 15 is 0 Å². The minimum Gasteiger partial charge on any atom is -0.369 e. The summed E-state index contributed by atoms with van der Waals surface area (Å²) in [5.74, 6) is 0.918. The average Bonchev–Trinajstić information content (AvgIpc) is 2.37. The van der Waals surface area contributed by atoms with E-state index < -0.39 is 0 Å². The lowest BCUT2D eigenvalue weighted by atomic mass is 10.4. The maximum atomic E-state index is 5.33. The van der Waals surface area contributed by atoms with E-state index in [0.29, 0.717) is 0 Å². The van der Waals surface area contributed by atoms with Gasteiger partial charge in [0, 0.05) is 25.9 Å². The van der Waals surface area contributed by atoms with Crippen LogP contribution in [0.4, 0.5) is 5.82 Å². The number of anilines is 1. The normalized spacial score (nSPS) is 10.0. The summed E-state index contributed by atoms with van der Waals surface area (Å²) < 4.78 is 1.77. The lowest BCUT2D eigenvalue weighted by Gasteiger charge is -1.99. The summed E-state index contributed by atoms with van der Waals surface area (Å²) in [4.78, 5) is 0. The highest BCUT2D eigenvalue weighted by Crippen LogP contribution is 1.99. The molecule has 3 N–H and O–H groups in total. The quantitative estimate of drug-likeness (QED) is 0.608. The lowest BCUT2D eigenvalue weighted by molar-refractivity contribution is 0.765. The molecule has 0 bridgehead atoms. The van der Waals surface area contributed by atoms with E-state index in [1.54, 1.807) is 4.68 Å². The third kappa shape index (κ3) is 2.59. The molecule has 0 saturated heterocycles. The second kappa shape index (κ2) is 3.98. The van der Waals surface area contributed by atoms with Crippen molar-refractivity contribution in [2.75, 3.05) is 18.4 Å². The van der Waals surface area contributed by atoms with Crippen LogP contribution in [0.2, 0.25) is 0 Å². The summed E-state index contributed by atoms with van der Waals surface area (Å²) in [6, 6.07) is 1.94. The molecule has 62 valence electrons. The van der Waals surface area contributed by atoms with Gasteiger partial charge in [-0.15, -0.1) is 0 Å². The molecule has 1 heterocycles. The zero-order valence-electron chi connectivity index (χ0n) is 6.75. The smallest absolute Gasteiger partial charge is 0.147 e. The third-order valence-electron chi connectivity index (χ3n) is 1.40. The molecule has 1 rings (SSSR count). The van der Waals surface area contributed by atoms with E-state index in [1.165, 1.54) is 0 Å². The van der Waals surface area contributed by atoms with E-state index in [2.05, 4.69) is 10.4 Å². The van der Waals surface area contributed by atoms with Gasteiger partial charge >= 0.3 is 0 Å². The second-order valence-corrected chi connectivity index (χ2v) is 2.44. The molecule has 0 aliphatic heterocycles. The first-order chi connectivity index (χ1) is 5.33. The van der Waals surface area contributed by atoms with Crippen LogP contribution in [-0.4, -0.2) is 22.9 Å². The van der Waals surface area contributed by atoms with Crippen LogP contribution in [0.15, 0.2) is 12.3 Å². The Labute approximate surface area is 66.4 Å². The highest BCUT2D eigenvalue weighted by molar-refractivity contribution is 5.31. The minimum absolute atomic E-state index is 0.722. The first-order valence-corrected chi connectivity index (χ1v) is 3.76. The molecule has 0 amide bonds. The molecule has 0 fully saturated rings. The Hall–Kier alpha value is -1.03. The summed E-state index contributed by atoms with van der Waals surface area (Å²) in [5.41, 5.74) is 5.33. The first kappa shape index (κ1) is 8.07. The van der Waals surface area contributed by atoms with Crippen molar-refractivity contribution in [2.24, 2.45) is 12.8 Å². The van der Waals surface area contributed by atoms with E-state index in [9.17, 15) is 0 Å². The van der Waals surface area contributed by atoms with Crippen molar-refractivity contribution < 1.29 is 0 Å². The van der Waals surface area contributed by atoms with Gasteiger partial charge in [-0.25, -0.2) is 0 Å². The minimum atomic E-state index is 0.722. The summed E-state index contributed by atoms with van der Waals surface area (Å²) in [5, 5.41) is 7.30. The maximum absolute atomic E-state index is 5.33. The van der Waals surface area contributed by atoms with Crippen molar-refractivity contribution in [3.05, 3.63) is 12.3 Å². The van der Waals surface area contributed by atoms with Crippen LogP contribution in [0.3, 0.4) is 0 Å². The van der Waals surface area contributed by atoms with Gasteiger partial charge in [0.2, 0.25) is 0 Å². The largest absolute Gasteiger partial charge is 0.369 e. The van der Waals surface area contributed by atoms with Gasteiger partial charge in [0.15, 0.2) is 0 Å². The van der Waals surface area contributed by atoms with Crippen molar-refractivity contribution in [1.29, 1.82) is 0 Å². The first-order valence-electron chi connectivity index (χ1n) is 3.76. The van der Waals surface area contributed by atoms with Crippen molar-refractivity contribution in [1.82, 2.24) is 9.78 Å². The number of hydrogen-bond donors (Lipinski definition) is 2. The van der Waals surface area contributed by atoms with Gasteiger partial charge in [-0.2, -0.15) is 5.10 Å². The van der Waals surface area contributed by atoms with Crippen LogP contribution >= 0.6 is 0 Å². The van der Waals surface area contributed by atoms with Gasteiger partial charge < -0.3 is 11.1 Å². The van der Waals surface area contributed by atoms with Crippen molar-refractivity contribution >= 4 is 5.82 Å². The van der Waals surface area contributed by atoms with Gasteiger partial charge in [-0.1, -0.05) is 0 Å². The molecule has 0 aliphatic rings. The molecule has 11 heavy (non-hydrogen) atoms. The number of rotatable bonds is 4. The van der Waals surface area contributed by atoms with Gasteiger partial charge in [0.05, 0.1) is 0 Å². The molecule has 4 heteroatoms. The van der Waals surface area contributed by atoms with Crippen LogP contribution in [-0.2, 0) is 7.05 Å². The lowest BCUT2D eigenvalue weighted by Crippen LogP contribution is -2.08. The molecular weight excluding hydrogens is 140 g/mol. The fourth-order valence-electron chi connectivity index (χ4n) is 0.828. The number of nitrogens with two attached hydrogens (primary N) is 1. The fraction of sp³-hybridized carbons (Fsp3) is 0.571. The van der Waals surface area contributed by atoms with Gasteiger partial charge in [0.1, 0.15) is 5.82 Å². The van der Waals surface area contributed by atoms with Gasteiger partial charge in [-0.05, 0) is 13.0 Å². The van der Waals surface area contributed by atoms with Crippen molar-refractivity contribution in [3.8, 4) is 0 Å². The SMILES string of the molecule is Cn1ccc(NCCCN)n1. The number of nitrogens with one attached hydrogen (secondary N) is 1. The monoisotopic (exact) mass is 154 g/mol. The molecule has 1 aromatic heterocycles. The molecule has 0 aromatic carbocycles. The summed E-state index contributed by atoms with van der Waals surface area (Å²) in [6.07, 6.45) is 2.89. The zero-order valence-corrected chi connectivity index (χ0v) is 6.75. The molecule has 0 saturated carbocycles. The highest BCUT2D eigenvalue weighted by atomic mass is 15.3. The van der Waals surface area contributed by atoms with Crippen LogP contribution in [0, 0.1) is 0 Å². The highest BCUT2D eigenvalue weighted by Gasteiger charge is 1.92. The van der Waals surface area contributed by atoms with Crippen LogP contribution < -0.4 is 11.1 Å². The number of nitrogens with zero attached hydrogens (tertiary/aromatic N) is 2. The van der Waals surface area contributed by atoms with Crippen molar-refractivity contribution in [3.63, 3.8) is 0 Å². The van der Waals surface area contributed by atoms with Crippen molar-refractivity contribution in [2.45, 2.75) is 6.42 Å². The van der Waals surface area contributed by atoms with E-state index in [4.69, 9.17) is 5.73 Å². The standard InChI is InChI=1S/C7H14N4/c1-11-6-3-7(10-11)9-5-2-4-8/h3,6H,2,4-5,8H2,1H3,(H,9,10). The molecule has 1 aromatic rings. The zero-order chi connectivity index (χ0) is 8.10. The summed E-state index contributed by atoms with van der Waals surface area (Å²) in [7, 11) is 1.90. The van der Waals surface area contributed by atoms with Crippen LogP contribution in [0.25, 0.3) is 0 Å². The Balaban J connectivity index is 2.27. The molecule has 0 radical (unpaired) electrons. The Morgan fingerprint density at radius 2 is 2.55 bits per heavy atom. The number of hydrogen-bond acceptors (Lipinski definition) is 3. The van der Waals surface area contributed by atoms with Crippen LogP contribution in [0.5, 0.6) is 0 Å². The topological polar surface area (TPSA) is 55.9 Å². The summed E-state index contributed by atoms with van der Waals surface area (Å²) >= 11 is 0.